The van der Waals surface area contributed by atoms with Crippen LogP contribution in [0.5, 0.6) is 5.75 Å². The first-order valence-corrected chi connectivity index (χ1v) is 13.8. The fraction of sp³-hybridized carbons (Fsp3) is 0.667. The van der Waals surface area contributed by atoms with Gasteiger partial charge in [-0.2, -0.15) is 0 Å². The lowest BCUT2D eigenvalue weighted by atomic mass is 9.82. The first-order chi connectivity index (χ1) is 17.9. The minimum absolute atomic E-state index is 0.132. The van der Waals surface area contributed by atoms with Crippen molar-refractivity contribution in [3.05, 3.63) is 51.8 Å². The molecule has 2 aromatic rings. The zero-order valence-electron chi connectivity index (χ0n) is 20.5. The van der Waals surface area contributed by atoms with Crippen LogP contribution in [0.25, 0.3) is 0 Å². The Kier molecular flexibility index (Phi) is 5.72. The van der Waals surface area contributed by atoms with Gasteiger partial charge in [0.15, 0.2) is 12.1 Å². The lowest BCUT2D eigenvalue weighted by Crippen LogP contribution is -2.47. The minimum atomic E-state index is -0.847. The van der Waals surface area contributed by atoms with Crippen LogP contribution < -0.4 is 4.74 Å². The number of para-hydroxylation sites is 1. The summed E-state index contributed by atoms with van der Waals surface area (Å²) in [4.78, 5) is 14.8. The third-order valence-corrected chi connectivity index (χ3v) is 9.00. The Hall–Kier alpha value is -2.29. The van der Waals surface area contributed by atoms with Gasteiger partial charge in [0.05, 0.1) is 37.4 Å². The van der Waals surface area contributed by atoms with Gasteiger partial charge in [-0.05, 0) is 19.9 Å². The number of rotatable bonds is 1. The van der Waals surface area contributed by atoms with E-state index in [0.29, 0.717) is 36.2 Å². The summed E-state index contributed by atoms with van der Waals surface area (Å²) in [6.45, 7) is 4.74. The zero-order chi connectivity index (χ0) is 25.3. The molecule has 0 aliphatic carbocycles. The number of ether oxygens (including phenoxy) is 5. The number of fused-ring (bicyclic) bond motifs is 11. The van der Waals surface area contributed by atoms with Crippen LogP contribution in [-0.4, -0.2) is 85.5 Å². The van der Waals surface area contributed by atoms with E-state index in [0.717, 1.165) is 5.56 Å². The number of nitrogens with zero attached hydrogens (tertiary/aromatic N) is 5. The Labute approximate surface area is 217 Å². The molecule has 13 heteroatoms. The van der Waals surface area contributed by atoms with Crippen LogP contribution >= 0.6 is 11.8 Å². The summed E-state index contributed by atoms with van der Waals surface area (Å²) in [5, 5.41) is 21.1. The smallest absolute Gasteiger partial charge is 0.236 e. The molecular formula is C24H29N5O7S. The molecule has 0 saturated carbocycles. The van der Waals surface area contributed by atoms with Crippen molar-refractivity contribution in [2.24, 2.45) is 5.92 Å². The molecule has 6 heterocycles. The fourth-order valence-electron chi connectivity index (χ4n) is 6.56. The van der Waals surface area contributed by atoms with Crippen molar-refractivity contribution in [2.75, 3.05) is 18.2 Å². The predicted octanol–water partition coefficient (Wildman–Crippen LogP) is 1.82. The van der Waals surface area contributed by atoms with Gasteiger partial charge in [-0.3, -0.25) is 15.0 Å². The standard InChI is InChI=1S/C24H29N5O7S/c1-24(2)35-22-21-20(34-23(22)36-24)17-18(28-12-37-11-15(28)19(17)29(30)31)14-5-3-4-6-16(14)32-8-7-27-9-13(10-33-21)25-26-27/h3-6,9,15,17-23H,7-8,10-12H2,1-2H3/t15-,17+,18-,19+,20+,21-,22+,23+/m0/s1. The van der Waals surface area contributed by atoms with Crippen LogP contribution in [0.1, 0.15) is 31.1 Å². The first kappa shape index (κ1) is 23.8. The maximum absolute atomic E-state index is 12.7. The molecule has 1 aromatic heterocycles. The number of aromatic nitrogens is 3. The highest BCUT2D eigenvalue weighted by Gasteiger charge is 2.67. The molecule has 4 fully saturated rings. The molecule has 5 aliphatic heterocycles. The van der Waals surface area contributed by atoms with Crippen LogP contribution in [0.2, 0.25) is 0 Å². The van der Waals surface area contributed by atoms with Gasteiger partial charge < -0.3 is 23.7 Å². The van der Waals surface area contributed by atoms with Gasteiger partial charge in [0.1, 0.15) is 36.4 Å². The Morgan fingerprint density at radius 1 is 1.19 bits per heavy atom. The zero-order valence-corrected chi connectivity index (χ0v) is 21.4. The van der Waals surface area contributed by atoms with Crippen LogP contribution in [0.3, 0.4) is 0 Å². The first-order valence-electron chi connectivity index (χ1n) is 12.6. The molecule has 1 aromatic carbocycles. The van der Waals surface area contributed by atoms with Crippen molar-refractivity contribution in [1.29, 1.82) is 0 Å². The molecular weight excluding hydrogens is 502 g/mol. The second-order valence-corrected chi connectivity index (χ2v) is 11.6. The summed E-state index contributed by atoms with van der Waals surface area (Å²) in [5.74, 6) is 0.748. The van der Waals surface area contributed by atoms with Gasteiger partial charge in [0, 0.05) is 22.1 Å². The van der Waals surface area contributed by atoms with E-state index in [1.807, 2.05) is 44.3 Å². The van der Waals surface area contributed by atoms with Gasteiger partial charge >= 0.3 is 0 Å². The normalized spacial score (nSPS) is 38.5. The Balaban J connectivity index is 1.36. The summed E-state index contributed by atoms with van der Waals surface area (Å²) in [5.41, 5.74) is 1.57. The summed E-state index contributed by atoms with van der Waals surface area (Å²) < 4.78 is 33.2. The van der Waals surface area contributed by atoms with Crippen molar-refractivity contribution >= 4 is 11.8 Å². The predicted molar refractivity (Wildman–Crippen MR) is 129 cm³/mol. The monoisotopic (exact) mass is 531 g/mol. The maximum Gasteiger partial charge on any atom is 0.236 e. The fourth-order valence-corrected chi connectivity index (χ4v) is 7.86. The molecule has 0 unspecified atom stereocenters. The molecule has 0 spiro atoms. The van der Waals surface area contributed by atoms with Crippen molar-refractivity contribution in [2.45, 2.75) is 75.5 Å². The lowest BCUT2D eigenvalue weighted by molar-refractivity contribution is -0.534. The molecule has 198 valence electrons. The van der Waals surface area contributed by atoms with Crippen molar-refractivity contribution in [3.8, 4) is 5.75 Å². The molecule has 8 atom stereocenters. The molecule has 7 rings (SSSR count). The Bertz CT molecular complexity index is 1200. The second-order valence-electron chi connectivity index (χ2n) is 10.6. The minimum Gasteiger partial charge on any atom is -0.491 e. The third-order valence-electron chi connectivity index (χ3n) is 7.94. The average Bonchev–Trinajstić information content (AvgIpc) is 3.64. The molecule has 0 N–H and O–H groups in total. The third kappa shape index (κ3) is 3.94. The van der Waals surface area contributed by atoms with E-state index in [9.17, 15) is 10.1 Å². The summed E-state index contributed by atoms with van der Waals surface area (Å²) in [6.07, 6.45) is -0.595. The summed E-state index contributed by atoms with van der Waals surface area (Å²) in [6, 6.07) is 6.46. The van der Waals surface area contributed by atoms with Crippen LogP contribution in [0, 0.1) is 16.0 Å². The van der Waals surface area contributed by atoms with E-state index in [-0.39, 0.29) is 23.6 Å². The number of benzene rings is 1. The largest absolute Gasteiger partial charge is 0.491 e. The van der Waals surface area contributed by atoms with Crippen LogP contribution in [0.15, 0.2) is 30.5 Å². The topological polar surface area (TPSA) is 123 Å². The van der Waals surface area contributed by atoms with Gasteiger partial charge in [-0.1, -0.05) is 23.4 Å². The summed E-state index contributed by atoms with van der Waals surface area (Å²) >= 11 is 1.72. The molecule has 4 saturated heterocycles. The SMILES string of the molecule is CC1(C)O[C@H]2O[C@H]3[C@H](OCc4cn(nn4)CCOc4ccccc4[C@H]4[C@@H]3[C@H]([N+](=O)[O-])[C@@H]3CSCN34)[C@H]2O1. The molecule has 37 heavy (non-hydrogen) atoms. The van der Waals surface area contributed by atoms with Crippen molar-refractivity contribution in [1.82, 2.24) is 19.9 Å². The van der Waals surface area contributed by atoms with Crippen molar-refractivity contribution < 1.29 is 28.6 Å². The lowest BCUT2D eigenvalue weighted by Gasteiger charge is -2.34. The molecule has 12 nitrogen and oxygen atoms in total. The second kappa shape index (κ2) is 8.89. The molecule has 0 amide bonds. The molecule has 0 radical (unpaired) electrons. The molecule has 5 aliphatic rings. The number of hydrogen-bond acceptors (Lipinski definition) is 11. The van der Waals surface area contributed by atoms with Gasteiger partial charge in [-0.25, -0.2) is 4.68 Å². The number of hydrogen-bond donors (Lipinski definition) is 0. The van der Waals surface area contributed by atoms with E-state index in [2.05, 4.69) is 15.2 Å². The van der Waals surface area contributed by atoms with E-state index in [1.54, 1.807) is 16.4 Å². The van der Waals surface area contributed by atoms with Crippen molar-refractivity contribution in [3.63, 3.8) is 0 Å². The van der Waals surface area contributed by atoms with Gasteiger partial charge in [-0.15, -0.1) is 16.9 Å². The average molecular weight is 532 g/mol. The number of nitro groups is 1. The van der Waals surface area contributed by atoms with E-state index in [4.69, 9.17) is 23.7 Å². The highest BCUT2D eigenvalue weighted by atomic mass is 32.2. The van der Waals surface area contributed by atoms with Gasteiger partial charge in [0.2, 0.25) is 6.04 Å². The van der Waals surface area contributed by atoms with E-state index in [1.165, 1.54) is 0 Å². The highest BCUT2D eigenvalue weighted by molar-refractivity contribution is 7.99. The highest BCUT2D eigenvalue weighted by Crippen LogP contribution is 2.54. The molecule has 2 bridgehead atoms. The van der Waals surface area contributed by atoms with E-state index >= 15 is 0 Å². The maximum atomic E-state index is 12.7. The van der Waals surface area contributed by atoms with E-state index < -0.39 is 42.3 Å². The van der Waals surface area contributed by atoms with Crippen LogP contribution in [0.4, 0.5) is 0 Å². The summed E-state index contributed by atoms with van der Waals surface area (Å²) in [7, 11) is 0. The quantitative estimate of drug-likeness (QED) is 0.395. The van der Waals surface area contributed by atoms with Gasteiger partial charge in [0.25, 0.3) is 0 Å². The Morgan fingerprint density at radius 3 is 2.92 bits per heavy atom. The van der Waals surface area contributed by atoms with Crippen LogP contribution in [-0.2, 0) is 32.1 Å². The number of thioether (sulfide) groups is 1. The Morgan fingerprint density at radius 2 is 2.05 bits per heavy atom.